The Hall–Kier alpha value is -1.36. The van der Waals surface area contributed by atoms with Gasteiger partial charge in [-0.05, 0) is 12.8 Å². The van der Waals surface area contributed by atoms with Gasteiger partial charge in [-0.1, -0.05) is 13.8 Å². The summed E-state index contributed by atoms with van der Waals surface area (Å²) >= 11 is 0. The van der Waals surface area contributed by atoms with E-state index in [1.807, 2.05) is 13.2 Å². The van der Waals surface area contributed by atoms with Crippen LogP contribution < -0.4 is 5.32 Å². The molecule has 0 spiro atoms. The molecule has 0 aliphatic rings. The smallest absolute Gasteiger partial charge is 0.319 e. The van der Waals surface area contributed by atoms with Gasteiger partial charge in [0.1, 0.15) is 0 Å². The van der Waals surface area contributed by atoms with E-state index in [1.54, 1.807) is 11.6 Å². The summed E-state index contributed by atoms with van der Waals surface area (Å²) in [5.41, 5.74) is 2.20. The third kappa shape index (κ3) is 4.19. The average Bonchev–Trinajstić information content (AvgIpc) is 2.60. The molecule has 0 amide bonds. The summed E-state index contributed by atoms with van der Waals surface area (Å²) in [7, 11) is 1.90. The molecule has 5 nitrogen and oxygen atoms in total. The van der Waals surface area contributed by atoms with Gasteiger partial charge in [-0.15, -0.1) is 0 Å². The maximum atomic E-state index is 11.2. The lowest BCUT2D eigenvalue weighted by Crippen LogP contribution is -2.24. The van der Waals surface area contributed by atoms with Crippen LogP contribution in [0.5, 0.6) is 0 Å². The Bertz CT molecular complexity index is 372. The summed E-state index contributed by atoms with van der Waals surface area (Å²) in [5, 5.41) is 7.47. The van der Waals surface area contributed by atoms with Crippen molar-refractivity contribution in [1.82, 2.24) is 15.1 Å². The van der Waals surface area contributed by atoms with E-state index in [9.17, 15) is 4.79 Å². The highest BCUT2D eigenvalue weighted by Crippen LogP contribution is 2.16. The number of carbonyl (C=O) groups is 1. The molecule has 1 aromatic rings. The summed E-state index contributed by atoms with van der Waals surface area (Å²) in [6.07, 6.45) is 1.98. The Kier molecular flexibility index (Phi) is 5.15. The fraction of sp³-hybridized carbons (Fsp3) is 0.667. The lowest BCUT2D eigenvalue weighted by atomic mass is 10.1. The molecule has 0 unspecified atom stereocenters. The first-order chi connectivity index (χ1) is 8.04. The third-order valence-electron chi connectivity index (χ3n) is 2.37. The predicted molar refractivity (Wildman–Crippen MR) is 65.6 cm³/mol. The molecule has 17 heavy (non-hydrogen) atoms. The summed E-state index contributed by atoms with van der Waals surface area (Å²) in [6, 6.07) is 0. The molecule has 0 saturated carbocycles. The number of aromatic nitrogens is 2. The van der Waals surface area contributed by atoms with Crippen molar-refractivity contribution in [3.8, 4) is 0 Å². The molecule has 0 fully saturated rings. The second-order valence-electron chi connectivity index (χ2n) is 4.28. The van der Waals surface area contributed by atoms with Crippen LogP contribution in [0.15, 0.2) is 6.20 Å². The number of esters is 1. The fourth-order valence-electron chi connectivity index (χ4n) is 1.69. The molecule has 0 atom stereocenters. The summed E-state index contributed by atoms with van der Waals surface area (Å²) < 4.78 is 6.64. The minimum atomic E-state index is -0.220. The van der Waals surface area contributed by atoms with Crippen molar-refractivity contribution < 1.29 is 9.53 Å². The van der Waals surface area contributed by atoms with E-state index in [0.29, 0.717) is 19.1 Å². The fourth-order valence-corrected chi connectivity index (χ4v) is 1.69. The van der Waals surface area contributed by atoms with Gasteiger partial charge < -0.3 is 10.1 Å². The number of nitrogens with zero attached hydrogens (tertiary/aromatic N) is 2. The Balaban J connectivity index is 2.48. The first kappa shape index (κ1) is 13.7. The van der Waals surface area contributed by atoms with Gasteiger partial charge in [0, 0.05) is 25.4 Å². The largest absolute Gasteiger partial charge is 0.465 e. The zero-order chi connectivity index (χ0) is 12.8. The number of nitrogens with one attached hydrogen (secondary N) is 1. The van der Waals surface area contributed by atoms with E-state index in [0.717, 1.165) is 11.3 Å². The highest BCUT2D eigenvalue weighted by atomic mass is 16.5. The predicted octanol–water partition coefficient (Wildman–Crippen LogP) is 1.20. The lowest BCUT2D eigenvalue weighted by Gasteiger charge is -2.06. The molecule has 1 rings (SSSR count). The van der Waals surface area contributed by atoms with Gasteiger partial charge >= 0.3 is 5.97 Å². The third-order valence-corrected chi connectivity index (χ3v) is 2.37. The zero-order valence-electron chi connectivity index (χ0n) is 11.0. The highest BCUT2D eigenvalue weighted by Gasteiger charge is 2.11. The zero-order valence-corrected chi connectivity index (χ0v) is 11.0. The van der Waals surface area contributed by atoms with Crippen LogP contribution in [0.3, 0.4) is 0 Å². The van der Waals surface area contributed by atoms with Gasteiger partial charge in [0.15, 0.2) is 0 Å². The van der Waals surface area contributed by atoms with Crippen molar-refractivity contribution in [2.24, 2.45) is 7.05 Å². The van der Waals surface area contributed by atoms with E-state index in [2.05, 4.69) is 24.3 Å². The van der Waals surface area contributed by atoms with E-state index in [-0.39, 0.29) is 12.5 Å². The van der Waals surface area contributed by atoms with E-state index < -0.39 is 0 Å². The Morgan fingerprint density at radius 1 is 1.59 bits per heavy atom. The lowest BCUT2D eigenvalue weighted by molar-refractivity contribution is -0.142. The van der Waals surface area contributed by atoms with Gasteiger partial charge in [0.2, 0.25) is 0 Å². The molecule has 1 heterocycles. The second kappa shape index (κ2) is 6.39. The van der Waals surface area contributed by atoms with Crippen LogP contribution in [0.25, 0.3) is 0 Å². The van der Waals surface area contributed by atoms with Crippen LogP contribution in [-0.4, -0.2) is 28.9 Å². The summed E-state index contributed by atoms with van der Waals surface area (Å²) in [6.45, 7) is 7.31. The summed E-state index contributed by atoms with van der Waals surface area (Å²) in [5.74, 6) is 0.165. The molecule has 5 heteroatoms. The molecule has 1 aromatic heterocycles. The molecule has 96 valence electrons. The average molecular weight is 239 g/mol. The quantitative estimate of drug-likeness (QED) is 0.758. The van der Waals surface area contributed by atoms with Crippen LogP contribution in [0.2, 0.25) is 0 Å². The molecular formula is C12H21N3O2. The topological polar surface area (TPSA) is 56.1 Å². The highest BCUT2D eigenvalue weighted by molar-refractivity contribution is 5.71. The van der Waals surface area contributed by atoms with Gasteiger partial charge in [-0.25, -0.2) is 0 Å². The van der Waals surface area contributed by atoms with Gasteiger partial charge in [-0.3, -0.25) is 9.48 Å². The normalized spacial score (nSPS) is 10.9. The molecule has 1 N–H and O–H groups in total. The number of rotatable bonds is 6. The van der Waals surface area contributed by atoms with Gasteiger partial charge in [0.05, 0.1) is 18.8 Å². The molecule has 0 aromatic carbocycles. The van der Waals surface area contributed by atoms with Crippen molar-refractivity contribution in [3.63, 3.8) is 0 Å². The van der Waals surface area contributed by atoms with Crippen molar-refractivity contribution in [2.75, 3.05) is 13.2 Å². The number of carbonyl (C=O) groups excluding carboxylic acids is 1. The Morgan fingerprint density at radius 2 is 2.29 bits per heavy atom. The van der Waals surface area contributed by atoms with E-state index in [1.165, 1.54) is 0 Å². The van der Waals surface area contributed by atoms with E-state index >= 15 is 0 Å². The molecule has 0 saturated heterocycles. The van der Waals surface area contributed by atoms with Crippen molar-refractivity contribution in [3.05, 3.63) is 17.5 Å². The number of hydrogen-bond acceptors (Lipinski definition) is 4. The monoisotopic (exact) mass is 239 g/mol. The van der Waals surface area contributed by atoms with Crippen LogP contribution in [0.4, 0.5) is 0 Å². The van der Waals surface area contributed by atoms with Gasteiger partial charge in [-0.2, -0.15) is 5.10 Å². The SMILES string of the molecule is CCOC(=O)CNCc1cn(C)nc1C(C)C. The second-order valence-corrected chi connectivity index (χ2v) is 4.28. The molecule has 0 aliphatic heterocycles. The molecular weight excluding hydrogens is 218 g/mol. The molecule has 0 bridgehead atoms. The summed E-state index contributed by atoms with van der Waals surface area (Å²) in [4.78, 5) is 11.2. The van der Waals surface area contributed by atoms with Crippen LogP contribution in [-0.2, 0) is 23.1 Å². The maximum absolute atomic E-state index is 11.2. The van der Waals surface area contributed by atoms with Crippen LogP contribution >= 0.6 is 0 Å². The van der Waals surface area contributed by atoms with Crippen molar-refractivity contribution in [2.45, 2.75) is 33.2 Å². The standard InChI is InChI=1S/C12H21N3O2/c1-5-17-11(16)7-13-6-10-8-15(4)14-12(10)9(2)3/h8-9,13H,5-7H2,1-4H3. The van der Waals surface area contributed by atoms with Crippen molar-refractivity contribution in [1.29, 1.82) is 0 Å². The maximum Gasteiger partial charge on any atom is 0.319 e. The van der Waals surface area contributed by atoms with Crippen LogP contribution in [0.1, 0.15) is 37.9 Å². The minimum Gasteiger partial charge on any atom is -0.465 e. The van der Waals surface area contributed by atoms with Crippen molar-refractivity contribution >= 4 is 5.97 Å². The molecule has 0 aliphatic carbocycles. The minimum absolute atomic E-state index is 0.220. The number of hydrogen-bond donors (Lipinski definition) is 1. The van der Waals surface area contributed by atoms with Crippen LogP contribution in [0, 0.1) is 0 Å². The number of ether oxygens (including phenoxy) is 1. The first-order valence-electron chi connectivity index (χ1n) is 5.93. The van der Waals surface area contributed by atoms with Gasteiger partial charge in [0.25, 0.3) is 0 Å². The molecule has 0 radical (unpaired) electrons. The Morgan fingerprint density at radius 3 is 2.88 bits per heavy atom. The first-order valence-corrected chi connectivity index (χ1v) is 5.93. The Labute approximate surface area is 102 Å². The van der Waals surface area contributed by atoms with E-state index in [4.69, 9.17) is 4.74 Å². The number of aryl methyl sites for hydroxylation is 1.